The van der Waals surface area contributed by atoms with Crippen molar-refractivity contribution in [3.8, 4) is 0 Å². The topological polar surface area (TPSA) is 46.5 Å². The maximum Gasteiger partial charge on any atom is 0.309 e. The van der Waals surface area contributed by atoms with Gasteiger partial charge in [-0.3, -0.25) is 4.79 Å². The van der Waals surface area contributed by atoms with E-state index in [1.165, 1.54) is 7.11 Å². The third-order valence-corrected chi connectivity index (χ3v) is 2.20. The predicted molar refractivity (Wildman–Crippen MR) is 35.3 cm³/mol. The Labute approximate surface area is 60.0 Å². The molecular formula is C7H12O3. The van der Waals surface area contributed by atoms with Crippen molar-refractivity contribution in [1.82, 2.24) is 0 Å². The van der Waals surface area contributed by atoms with Crippen molar-refractivity contribution in [2.75, 3.05) is 13.7 Å². The van der Waals surface area contributed by atoms with E-state index in [4.69, 9.17) is 5.11 Å². The molecule has 1 rings (SSSR count). The summed E-state index contributed by atoms with van der Waals surface area (Å²) in [6.45, 7) is 1.96. The van der Waals surface area contributed by atoms with Crippen LogP contribution in [-0.2, 0) is 9.53 Å². The van der Waals surface area contributed by atoms with Crippen LogP contribution in [0.15, 0.2) is 0 Å². The molecule has 0 aromatic heterocycles. The average molecular weight is 144 g/mol. The summed E-state index contributed by atoms with van der Waals surface area (Å²) in [6.07, 6.45) is 0.760. The number of carbonyl (C=O) groups is 1. The minimum absolute atomic E-state index is 0.0671. The summed E-state index contributed by atoms with van der Waals surface area (Å²) >= 11 is 0. The molecule has 1 aliphatic carbocycles. The van der Waals surface area contributed by atoms with Gasteiger partial charge in [0.15, 0.2) is 0 Å². The standard InChI is InChI=1S/C7H12O3/c1-7(4-8)3-5(7)6(9)10-2/h5,8H,3-4H2,1-2H3/t5-,7-/m0/s1. The Bertz CT molecular complexity index is 155. The average Bonchev–Trinajstić information content (AvgIpc) is 2.62. The monoisotopic (exact) mass is 144 g/mol. The molecule has 0 aliphatic heterocycles. The molecule has 1 aliphatic rings. The fourth-order valence-corrected chi connectivity index (χ4v) is 1.09. The second-order valence-electron chi connectivity index (χ2n) is 3.09. The molecule has 0 unspecified atom stereocenters. The van der Waals surface area contributed by atoms with E-state index in [1.807, 2.05) is 6.92 Å². The molecule has 2 atom stereocenters. The minimum atomic E-state index is -0.198. The molecule has 3 heteroatoms. The van der Waals surface area contributed by atoms with Crippen molar-refractivity contribution in [2.45, 2.75) is 13.3 Å². The third kappa shape index (κ3) is 1.01. The zero-order chi connectivity index (χ0) is 7.78. The SMILES string of the molecule is COC(=O)[C@@H]1C[C@@]1(C)CO. The molecular weight excluding hydrogens is 132 g/mol. The van der Waals surface area contributed by atoms with Gasteiger partial charge in [0.25, 0.3) is 0 Å². The molecule has 0 spiro atoms. The molecule has 0 heterocycles. The van der Waals surface area contributed by atoms with Crippen LogP contribution in [0.25, 0.3) is 0 Å². The highest BCUT2D eigenvalue weighted by Crippen LogP contribution is 2.52. The lowest BCUT2D eigenvalue weighted by Gasteiger charge is -2.03. The molecule has 0 aromatic carbocycles. The number of hydrogen-bond donors (Lipinski definition) is 1. The molecule has 1 N–H and O–H groups in total. The molecule has 3 nitrogen and oxygen atoms in total. The number of esters is 1. The summed E-state index contributed by atoms with van der Waals surface area (Å²) in [4.78, 5) is 10.8. The van der Waals surface area contributed by atoms with Crippen LogP contribution >= 0.6 is 0 Å². The van der Waals surface area contributed by atoms with Gasteiger partial charge in [-0.2, -0.15) is 0 Å². The van der Waals surface area contributed by atoms with Crippen LogP contribution in [-0.4, -0.2) is 24.8 Å². The van der Waals surface area contributed by atoms with Gasteiger partial charge in [-0.1, -0.05) is 6.92 Å². The van der Waals surface area contributed by atoms with Gasteiger partial charge in [-0.15, -0.1) is 0 Å². The van der Waals surface area contributed by atoms with Crippen LogP contribution in [0, 0.1) is 11.3 Å². The van der Waals surface area contributed by atoms with Crippen LogP contribution in [0.2, 0.25) is 0 Å². The van der Waals surface area contributed by atoms with Gasteiger partial charge in [0.2, 0.25) is 0 Å². The maximum absolute atomic E-state index is 10.8. The van der Waals surface area contributed by atoms with Crippen LogP contribution in [0.1, 0.15) is 13.3 Å². The van der Waals surface area contributed by atoms with E-state index in [9.17, 15) is 4.79 Å². The smallest absolute Gasteiger partial charge is 0.309 e. The predicted octanol–water partition coefficient (Wildman–Crippen LogP) is 0.178. The van der Waals surface area contributed by atoms with Gasteiger partial charge in [0.1, 0.15) is 0 Å². The van der Waals surface area contributed by atoms with E-state index >= 15 is 0 Å². The van der Waals surface area contributed by atoms with Crippen molar-refractivity contribution in [1.29, 1.82) is 0 Å². The van der Waals surface area contributed by atoms with Crippen molar-refractivity contribution in [3.63, 3.8) is 0 Å². The van der Waals surface area contributed by atoms with E-state index in [0.717, 1.165) is 6.42 Å². The second-order valence-corrected chi connectivity index (χ2v) is 3.09. The lowest BCUT2D eigenvalue weighted by molar-refractivity contribution is -0.143. The Hall–Kier alpha value is -0.570. The highest BCUT2D eigenvalue weighted by atomic mass is 16.5. The van der Waals surface area contributed by atoms with Crippen LogP contribution in [0.5, 0.6) is 0 Å². The Kier molecular flexibility index (Phi) is 1.68. The largest absolute Gasteiger partial charge is 0.469 e. The first-order valence-electron chi connectivity index (χ1n) is 3.33. The first kappa shape index (κ1) is 7.54. The fraction of sp³-hybridized carbons (Fsp3) is 0.857. The fourth-order valence-electron chi connectivity index (χ4n) is 1.09. The first-order valence-corrected chi connectivity index (χ1v) is 3.33. The highest BCUT2D eigenvalue weighted by Gasteiger charge is 2.54. The number of aliphatic hydroxyl groups excluding tert-OH is 1. The van der Waals surface area contributed by atoms with E-state index in [1.54, 1.807) is 0 Å². The summed E-state index contributed by atoms with van der Waals surface area (Å²) in [5.41, 5.74) is -0.187. The highest BCUT2D eigenvalue weighted by molar-refractivity contribution is 5.76. The summed E-state index contributed by atoms with van der Waals surface area (Å²) in [7, 11) is 1.37. The molecule has 1 saturated carbocycles. The summed E-state index contributed by atoms with van der Waals surface area (Å²) in [5, 5.41) is 8.77. The lowest BCUT2D eigenvalue weighted by Crippen LogP contribution is -2.12. The summed E-state index contributed by atoms with van der Waals surface area (Å²) in [6, 6.07) is 0. The zero-order valence-corrected chi connectivity index (χ0v) is 6.26. The van der Waals surface area contributed by atoms with Gasteiger partial charge >= 0.3 is 5.97 Å². The summed E-state index contributed by atoms with van der Waals surface area (Å²) < 4.78 is 4.52. The molecule has 0 amide bonds. The van der Waals surface area contributed by atoms with Crippen molar-refractivity contribution in [3.05, 3.63) is 0 Å². The molecule has 10 heavy (non-hydrogen) atoms. The first-order chi connectivity index (χ1) is 4.64. The number of hydrogen-bond acceptors (Lipinski definition) is 3. The number of rotatable bonds is 2. The van der Waals surface area contributed by atoms with E-state index in [0.29, 0.717) is 0 Å². The number of aliphatic hydroxyl groups is 1. The second kappa shape index (κ2) is 2.23. The Morgan fingerprint density at radius 1 is 1.90 bits per heavy atom. The van der Waals surface area contributed by atoms with Crippen LogP contribution < -0.4 is 0 Å². The Balaban J connectivity index is 2.44. The Morgan fingerprint density at radius 2 is 2.50 bits per heavy atom. The third-order valence-electron chi connectivity index (χ3n) is 2.20. The normalized spacial score (nSPS) is 37.3. The zero-order valence-electron chi connectivity index (χ0n) is 6.26. The maximum atomic E-state index is 10.8. The molecule has 1 fully saturated rings. The number of ether oxygens (including phenoxy) is 1. The van der Waals surface area contributed by atoms with Gasteiger partial charge in [-0.05, 0) is 6.42 Å². The lowest BCUT2D eigenvalue weighted by atomic mass is 10.1. The van der Waals surface area contributed by atoms with E-state index < -0.39 is 0 Å². The molecule has 0 bridgehead atoms. The number of methoxy groups -OCH3 is 1. The minimum Gasteiger partial charge on any atom is -0.469 e. The van der Waals surface area contributed by atoms with Gasteiger partial charge in [0, 0.05) is 12.0 Å². The van der Waals surface area contributed by atoms with Gasteiger partial charge in [0.05, 0.1) is 13.0 Å². The van der Waals surface area contributed by atoms with E-state index in [2.05, 4.69) is 4.74 Å². The van der Waals surface area contributed by atoms with E-state index in [-0.39, 0.29) is 23.9 Å². The van der Waals surface area contributed by atoms with Crippen molar-refractivity contribution in [2.24, 2.45) is 11.3 Å². The summed E-state index contributed by atoms with van der Waals surface area (Å²) in [5.74, 6) is -0.265. The molecule has 0 radical (unpaired) electrons. The molecule has 0 aromatic rings. The van der Waals surface area contributed by atoms with Gasteiger partial charge < -0.3 is 9.84 Å². The molecule has 0 saturated heterocycles. The number of carbonyl (C=O) groups excluding carboxylic acids is 1. The van der Waals surface area contributed by atoms with Crippen LogP contribution in [0.4, 0.5) is 0 Å². The van der Waals surface area contributed by atoms with Crippen LogP contribution in [0.3, 0.4) is 0 Å². The van der Waals surface area contributed by atoms with Gasteiger partial charge in [-0.25, -0.2) is 0 Å². The van der Waals surface area contributed by atoms with Crippen molar-refractivity contribution >= 4 is 5.97 Å². The quantitative estimate of drug-likeness (QED) is 0.562. The Morgan fingerprint density at radius 3 is 2.80 bits per heavy atom. The molecule has 58 valence electrons. The van der Waals surface area contributed by atoms with Crippen molar-refractivity contribution < 1.29 is 14.6 Å².